The summed E-state index contributed by atoms with van der Waals surface area (Å²) in [7, 11) is 0. The van der Waals surface area contributed by atoms with Crippen molar-refractivity contribution < 1.29 is 14.3 Å². The lowest BCUT2D eigenvalue weighted by Crippen LogP contribution is -2.48. The van der Waals surface area contributed by atoms with E-state index in [0.717, 1.165) is 44.2 Å². The molecule has 7 nitrogen and oxygen atoms in total. The fourth-order valence-corrected chi connectivity index (χ4v) is 3.12. The summed E-state index contributed by atoms with van der Waals surface area (Å²) in [4.78, 5) is 24.8. The van der Waals surface area contributed by atoms with E-state index in [2.05, 4.69) is 20.9 Å². The molecule has 3 heterocycles. The van der Waals surface area contributed by atoms with Gasteiger partial charge in [-0.15, -0.1) is 0 Å². The van der Waals surface area contributed by atoms with Crippen LogP contribution in [0.15, 0.2) is 36.7 Å². The number of hydrogen-bond donors (Lipinski definition) is 0. The molecule has 0 N–H and O–H groups in total. The van der Waals surface area contributed by atoms with E-state index in [1.54, 1.807) is 18.5 Å². The smallest absolute Gasteiger partial charge is 0.231 e. The molecule has 0 radical (unpaired) electrons. The van der Waals surface area contributed by atoms with Crippen LogP contribution in [-0.2, 0) is 17.8 Å². The Kier molecular flexibility index (Phi) is 4.47. The van der Waals surface area contributed by atoms with Crippen LogP contribution < -0.4 is 9.47 Å². The maximum absolute atomic E-state index is 12.4. The zero-order chi connectivity index (χ0) is 17.1. The van der Waals surface area contributed by atoms with Gasteiger partial charge in [-0.1, -0.05) is 6.07 Å². The Morgan fingerprint density at radius 3 is 2.60 bits per heavy atom. The van der Waals surface area contributed by atoms with Crippen molar-refractivity contribution in [2.45, 2.75) is 13.0 Å². The number of ether oxygens (including phenoxy) is 2. The second-order valence-electron chi connectivity index (χ2n) is 6.19. The number of piperazine rings is 1. The van der Waals surface area contributed by atoms with Crippen LogP contribution in [0.3, 0.4) is 0 Å². The highest BCUT2D eigenvalue weighted by molar-refractivity contribution is 5.78. The van der Waals surface area contributed by atoms with Gasteiger partial charge < -0.3 is 14.4 Å². The summed E-state index contributed by atoms with van der Waals surface area (Å²) >= 11 is 0. The fraction of sp³-hybridized carbons (Fsp3) is 0.389. The lowest BCUT2D eigenvalue weighted by molar-refractivity contribution is -0.132. The zero-order valence-electron chi connectivity index (χ0n) is 13.9. The third-order valence-corrected chi connectivity index (χ3v) is 4.50. The molecule has 2 aliphatic rings. The van der Waals surface area contributed by atoms with Crippen LogP contribution in [0.4, 0.5) is 0 Å². The van der Waals surface area contributed by atoms with Crippen molar-refractivity contribution in [3.8, 4) is 11.5 Å². The van der Waals surface area contributed by atoms with Crippen molar-refractivity contribution in [2.24, 2.45) is 0 Å². The van der Waals surface area contributed by atoms with Gasteiger partial charge in [0.25, 0.3) is 0 Å². The van der Waals surface area contributed by atoms with Crippen LogP contribution in [0.25, 0.3) is 0 Å². The standard InChI is InChI=1S/C18H20N4O3/c23-18(11-17-19-4-1-5-20-17)22-8-6-21(7-9-22)12-14-2-3-15-16(10-14)25-13-24-15/h1-5,10H,6-9,11-13H2. The molecule has 1 amide bonds. The zero-order valence-corrected chi connectivity index (χ0v) is 13.9. The predicted molar refractivity (Wildman–Crippen MR) is 90.2 cm³/mol. The number of fused-ring (bicyclic) bond motifs is 1. The first-order chi connectivity index (χ1) is 12.3. The Bertz CT molecular complexity index is 745. The SMILES string of the molecule is O=C(Cc1ncccn1)N1CCN(Cc2ccc3c(c2)OCO3)CC1. The molecule has 1 aromatic heterocycles. The van der Waals surface area contributed by atoms with E-state index in [9.17, 15) is 4.79 Å². The maximum atomic E-state index is 12.4. The van der Waals surface area contributed by atoms with Crippen LogP contribution >= 0.6 is 0 Å². The van der Waals surface area contributed by atoms with Gasteiger partial charge in [-0.2, -0.15) is 0 Å². The Balaban J connectivity index is 1.29. The number of hydrogen-bond acceptors (Lipinski definition) is 6. The van der Waals surface area contributed by atoms with E-state index in [1.165, 1.54) is 5.56 Å². The van der Waals surface area contributed by atoms with E-state index >= 15 is 0 Å². The first kappa shape index (κ1) is 15.8. The number of nitrogens with zero attached hydrogens (tertiary/aromatic N) is 4. The molecule has 1 saturated heterocycles. The van der Waals surface area contributed by atoms with E-state index in [1.807, 2.05) is 17.0 Å². The first-order valence-electron chi connectivity index (χ1n) is 8.42. The summed E-state index contributed by atoms with van der Waals surface area (Å²) in [6.45, 7) is 4.32. The summed E-state index contributed by atoms with van der Waals surface area (Å²) < 4.78 is 10.8. The van der Waals surface area contributed by atoms with E-state index in [0.29, 0.717) is 12.6 Å². The second kappa shape index (κ2) is 7.06. The van der Waals surface area contributed by atoms with Crippen LogP contribution in [0.1, 0.15) is 11.4 Å². The Morgan fingerprint density at radius 2 is 1.80 bits per heavy atom. The molecule has 2 aromatic rings. The molecule has 0 unspecified atom stereocenters. The van der Waals surface area contributed by atoms with E-state index < -0.39 is 0 Å². The van der Waals surface area contributed by atoms with Crippen molar-refractivity contribution in [2.75, 3.05) is 33.0 Å². The number of aromatic nitrogens is 2. The maximum Gasteiger partial charge on any atom is 0.231 e. The van der Waals surface area contributed by atoms with Crippen molar-refractivity contribution in [1.29, 1.82) is 0 Å². The molecule has 0 atom stereocenters. The summed E-state index contributed by atoms with van der Waals surface area (Å²) in [6, 6.07) is 7.81. The van der Waals surface area contributed by atoms with Gasteiger partial charge in [0, 0.05) is 45.1 Å². The molecule has 130 valence electrons. The lowest BCUT2D eigenvalue weighted by Gasteiger charge is -2.34. The Labute approximate surface area is 146 Å². The molecule has 0 bridgehead atoms. The minimum absolute atomic E-state index is 0.0916. The molecular weight excluding hydrogens is 320 g/mol. The van der Waals surface area contributed by atoms with Crippen LogP contribution in [-0.4, -0.2) is 58.6 Å². The summed E-state index contributed by atoms with van der Waals surface area (Å²) in [6.07, 6.45) is 3.60. The van der Waals surface area contributed by atoms with E-state index in [4.69, 9.17) is 9.47 Å². The monoisotopic (exact) mass is 340 g/mol. The average Bonchev–Trinajstić information content (AvgIpc) is 3.11. The minimum Gasteiger partial charge on any atom is -0.454 e. The molecule has 25 heavy (non-hydrogen) atoms. The summed E-state index contributed by atoms with van der Waals surface area (Å²) in [5, 5.41) is 0. The van der Waals surface area contributed by atoms with Crippen LogP contribution in [0.2, 0.25) is 0 Å². The number of rotatable bonds is 4. The molecule has 7 heteroatoms. The molecule has 0 spiro atoms. The van der Waals surface area contributed by atoms with Gasteiger partial charge in [-0.05, 0) is 23.8 Å². The highest BCUT2D eigenvalue weighted by Gasteiger charge is 2.22. The third-order valence-electron chi connectivity index (χ3n) is 4.50. The quantitative estimate of drug-likeness (QED) is 0.830. The number of benzene rings is 1. The van der Waals surface area contributed by atoms with Gasteiger partial charge in [-0.25, -0.2) is 9.97 Å². The van der Waals surface area contributed by atoms with Crippen LogP contribution in [0.5, 0.6) is 11.5 Å². The average molecular weight is 340 g/mol. The fourth-order valence-electron chi connectivity index (χ4n) is 3.12. The lowest BCUT2D eigenvalue weighted by atomic mass is 10.1. The van der Waals surface area contributed by atoms with Gasteiger partial charge in [0.15, 0.2) is 11.5 Å². The molecule has 4 rings (SSSR count). The molecule has 1 fully saturated rings. The molecule has 2 aliphatic heterocycles. The van der Waals surface area contributed by atoms with Crippen molar-refractivity contribution in [3.63, 3.8) is 0 Å². The summed E-state index contributed by atoms with van der Waals surface area (Å²) in [5.74, 6) is 2.29. The second-order valence-corrected chi connectivity index (χ2v) is 6.19. The minimum atomic E-state index is 0.0916. The van der Waals surface area contributed by atoms with Gasteiger partial charge >= 0.3 is 0 Å². The molecule has 1 aromatic carbocycles. The number of carbonyl (C=O) groups is 1. The Morgan fingerprint density at radius 1 is 1.04 bits per heavy atom. The normalized spacial score (nSPS) is 16.9. The molecule has 0 saturated carbocycles. The van der Waals surface area contributed by atoms with Gasteiger partial charge in [0.2, 0.25) is 12.7 Å². The highest BCUT2D eigenvalue weighted by atomic mass is 16.7. The molecule has 0 aliphatic carbocycles. The Hall–Kier alpha value is -2.67. The largest absolute Gasteiger partial charge is 0.454 e. The summed E-state index contributed by atoms with van der Waals surface area (Å²) in [5.41, 5.74) is 1.20. The number of carbonyl (C=O) groups excluding carboxylic acids is 1. The molecular formula is C18H20N4O3. The highest BCUT2D eigenvalue weighted by Crippen LogP contribution is 2.32. The van der Waals surface area contributed by atoms with Gasteiger partial charge in [-0.3, -0.25) is 9.69 Å². The van der Waals surface area contributed by atoms with Crippen molar-refractivity contribution in [1.82, 2.24) is 19.8 Å². The number of amides is 1. The van der Waals surface area contributed by atoms with Gasteiger partial charge in [0.1, 0.15) is 5.82 Å². The van der Waals surface area contributed by atoms with Gasteiger partial charge in [0.05, 0.1) is 6.42 Å². The van der Waals surface area contributed by atoms with Crippen molar-refractivity contribution >= 4 is 5.91 Å². The van der Waals surface area contributed by atoms with Crippen molar-refractivity contribution in [3.05, 3.63) is 48.0 Å². The topological polar surface area (TPSA) is 67.8 Å². The first-order valence-corrected chi connectivity index (χ1v) is 8.42. The van der Waals surface area contributed by atoms with E-state index in [-0.39, 0.29) is 12.3 Å². The van der Waals surface area contributed by atoms with Crippen LogP contribution in [0, 0.1) is 0 Å². The third kappa shape index (κ3) is 3.71. The predicted octanol–water partition coefficient (Wildman–Crippen LogP) is 1.09.